The summed E-state index contributed by atoms with van der Waals surface area (Å²) in [5, 5.41) is 13.1. The van der Waals surface area contributed by atoms with Gasteiger partial charge in [0.25, 0.3) is 10.0 Å². The third-order valence-electron chi connectivity index (χ3n) is 6.35. The molecule has 0 bridgehead atoms. The van der Waals surface area contributed by atoms with Gasteiger partial charge in [-0.15, -0.1) is 0 Å². The molecule has 1 heterocycles. The predicted molar refractivity (Wildman–Crippen MR) is 143 cm³/mol. The molecule has 38 heavy (non-hydrogen) atoms. The van der Waals surface area contributed by atoms with E-state index in [0.29, 0.717) is 17.5 Å². The van der Waals surface area contributed by atoms with Crippen LogP contribution < -0.4 is 20.1 Å². The fourth-order valence-electron chi connectivity index (χ4n) is 4.35. The maximum Gasteiger partial charge on any atom is 0.408 e. The number of ether oxygens (including phenoxy) is 2. The van der Waals surface area contributed by atoms with Gasteiger partial charge in [-0.3, -0.25) is 10.2 Å². The van der Waals surface area contributed by atoms with E-state index in [4.69, 9.17) is 14.9 Å². The molecule has 0 unspecified atom stereocenters. The van der Waals surface area contributed by atoms with E-state index in [9.17, 15) is 22.4 Å². The summed E-state index contributed by atoms with van der Waals surface area (Å²) < 4.78 is 53.1. The average molecular weight is 557 g/mol. The van der Waals surface area contributed by atoms with Crippen LogP contribution in [0.3, 0.4) is 0 Å². The molecule has 1 aromatic rings. The first kappa shape index (κ1) is 31.3. The standard InChI is InChI=1S/C26H41FN4O6S/c1-15-16(2)22(17(3)18-11-12-26(7,8)36-21(15)18)38(34,35)31-23(28)29-13-9-10-19(20(32)14-27)30-24(33)37-25(4,5)6/h19H,9-14H2,1-8H3,(H,30,33)(H3,28,29,31)/t19-/m0/s1. The summed E-state index contributed by atoms with van der Waals surface area (Å²) in [7, 11) is -4.08. The highest BCUT2D eigenvalue weighted by Gasteiger charge is 2.33. The Bertz CT molecular complexity index is 1190. The van der Waals surface area contributed by atoms with Gasteiger partial charge in [-0.2, -0.15) is 0 Å². The lowest BCUT2D eigenvalue weighted by Crippen LogP contribution is -2.45. The Hall–Kier alpha value is -2.89. The number of sulfonamides is 1. The minimum absolute atomic E-state index is 0.0770. The van der Waals surface area contributed by atoms with E-state index in [1.54, 1.807) is 34.6 Å². The third-order valence-corrected chi connectivity index (χ3v) is 7.98. The number of benzene rings is 1. The number of amides is 1. The zero-order valence-corrected chi connectivity index (χ0v) is 24.4. The number of carbonyl (C=O) groups excluding carboxylic acids is 2. The van der Waals surface area contributed by atoms with Crippen molar-refractivity contribution in [3.05, 3.63) is 22.3 Å². The summed E-state index contributed by atoms with van der Waals surface area (Å²) in [6.45, 7) is 13.2. The first-order valence-electron chi connectivity index (χ1n) is 12.6. The van der Waals surface area contributed by atoms with Crippen molar-refractivity contribution in [1.29, 1.82) is 5.41 Å². The molecule has 1 atom stereocenters. The molecule has 1 aliphatic rings. The molecule has 0 aromatic heterocycles. The molecule has 4 N–H and O–H groups in total. The van der Waals surface area contributed by atoms with Crippen LogP contribution in [0.4, 0.5) is 9.18 Å². The van der Waals surface area contributed by atoms with Gasteiger partial charge in [-0.1, -0.05) is 0 Å². The zero-order chi connectivity index (χ0) is 29.1. The molecule has 1 aromatic carbocycles. The number of alkyl halides is 1. The minimum atomic E-state index is -4.08. The van der Waals surface area contributed by atoms with E-state index in [-0.39, 0.29) is 29.9 Å². The number of halogens is 1. The molecule has 10 nitrogen and oxygen atoms in total. The van der Waals surface area contributed by atoms with Crippen molar-refractivity contribution >= 4 is 27.9 Å². The van der Waals surface area contributed by atoms with Crippen LogP contribution in [0.25, 0.3) is 0 Å². The number of carbonyl (C=O) groups is 2. The molecule has 0 aliphatic carbocycles. The molecule has 1 aliphatic heterocycles. The summed E-state index contributed by atoms with van der Waals surface area (Å²) in [6.07, 6.45) is 0.928. The molecule has 0 saturated carbocycles. The number of guanidine groups is 1. The molecule has 2 rings (SSSR count). The van der Waals surface area contributed by atoms with Gasteiger partial charge in [0.15, 0.2) is 5.78 Å². The van der Waals surface area contributed by atoms with E-state index >= 15 is 0 Å². The van der Waals surface area contributed by atoms with Crippen LogP contribution in [-0.4, -0.2) is 56.7 Å². The van der Waals surface area contributed by atoms with Crippen LogP contribution >= 0.6 is 0 Å². The molecular weight excluding hydrogens is 515 g/mol. The number of Topliss-reactive ketones (excluding diaryl/α,β-unsaturated/α-hetero) is 1. The molecular formula is C26H41FN4O6S. The van der Waals surface area contributed by atoms with Crippen molar-refractivity contribution in [2.24, 2.45) is 0 Å². The molecule has 12 heteroatoms. The first-order valence-corrected chi connectivity index (χ1v) is 14.1. The highest BCUT2D eigenvalue weighted by molar-refractivity contribution is 7.90. The summed E-state index contributed by atoms with van der Waals surface area (Å²) in [5.41, 5.74) is 1.64. The molecule has 0 saturated heterocycles. The Balaban J connectivity index is 2.04. The quantitative estimate of drug-likeness (QED) is 0.206. The van der Waals surface area contributed by atoms with Gasteiger partial charge in [0.05, 0.1) is 10.9 Å². The van der Waals surface area contributed by atoms with Gasteiger partial charge in [0, 0.05) is 6.54 Å². The Labute approximate surface area is 225 Å². The second-order valence-electron chi connectivity index (χ2n) is 11.2. The smallest absolute Gasteiger partial charge is 0.408 e. The topological polar surface area (TPSA) is 147 Å². The number of hydrogen-bond acceptors (Lipinski definition) is 7. The molecule has 214 valence electrons. The Kier molecular flexibility index (Phi) is 9.79. The van der Waals surface area contributed by atoms with Gasteiger partial charge < -0.3 is 20.1 Å². The zero-order valence-electron chi connectivity index (χ0n) is 23.6. The highest BCUT2D eigenvalue weighted by Crippen LogP contribution is 2.42. The fourth-order valence-corrected chi connectivity index (χ4v) is 5.87. The maximum atomic E-state index is 13.3. The van der Waals surface area contributed by atoms with Gasteiger partial charge >= 0.3 is 6.09 Å². The van der Waals surface area contributed by atoms with Crippen LogP contribution in [0.2, 0.25) is 0 Å². The van der Waals surface area contributed by atoms with Crippen molar-refractivity contribution in [3.63, 3.8) is 0 Å². The van der Waals surface area contributed by atoms with Crippen LogP contribution in [-0.2, 0) is 26.0 Å². The predicted octanol–water partition coefficient (Wildman–Crippen LogP) is 3.73. The van der Waals surface area contributed by atoms with Gasteiger partial charge in [0.2, 0.25) is 5.96 Å². The van der Waals surface area contributed by atoms with Crippen LogP contribution in [0.1, 0.15) is 76.1 Å². The number of nitrogens with one attached hydrogen (secondary N) is 4. The van der Waals surface area contributed by atoms with E-state index in [0.717, 1.165) is 23.3 Å². The van der Waals surface area contributed by atoms with Gasteiger partial charge in [-0.25, -0.2) is 22.3 Å². The third kappa shape index (κ3) is 8.05. The van der Waals surface area contributed by atoms with E-state index in [2.05, 4.69) is 15.4 Å². The van der Waals surface area contributed by atoms with Crippen LogP contribution in [0, 0.1) is 26.2 Å². The van der Waals surface area contributed by atoms with Crippen LogP contribution in [0.15, 0.2) is 4.90 Å². The van der Waals surface area contributed by atoms with E-state index in [1.807, 2.05) is 20.8 Å². The summed E-state index contributed by atoms with van der Waals surface area (Å²) in [5.74, 6) is -0.515. The summed E-state index contributed by atoms with van der Waals surface area (Å²) >= 11 is 0. The summed E-state index contributed by atoms with van der Waals surface area (Å²) in [4.78, 5) is 24.0. The Morgan fingerprint density at radius 2 is 1.79 bits per heavy atom. The van der Waals surface area contributed by atoms with E-state index < -0.39 is 46.2 Å². The average Bonchev–Trinajstić information content (AvgIpc) is 2.76. The highest BCUT2D eigenvalue weighted by atomic mass is 32.2. The normalized spacial score (nSPS) is 15.5. The Morgan fingerprint density at radius 3 is 2.37 bits per heavy atom. The number of hydrogen-bond donors (Lipinski definition) is 4. The monoisotopic (exact) mass is 556 g/mol. The molecule has 0 radical (unpaired) electrons. The second-order valence-corrected chi connectivity index (χ2v) is 12.8. The van der Waals surface area contributed by atoms with Crippen molar-refractivity contribution < 1.29 is 31.9 Å². The lowest BCUT2D eigenvalue weighted by molar-refractivity contribution is -0.122. The van der Waals surface area contributed by atoms with Crippen molar-refractivity contribution in [2.45, 2.75) is 103 Å². The first-order chi connectivity index (χ1) is 17.4. The number of fused-ring (bicyclic) bond motifs is 1. The van der Waals surface area contributed by atoms with E-state index in [1.165, 1.54) is 0 Å². The van der Waals surface area contributed by atoms with Crippen LogP contribution in [0.5, 0.6) is 5.75 Å². The Morgan fingerprint density at radius 1 is 1.16 bits per heavy atom. The number of alkyl carbamates (subject to hydrolysis) is 1. The van der Waals surface area contributed by atoms with Crippen molar-refractivity contribution in [1.82, 2.24) is 15.4 Å². The molecule has 0 fully saturated rings. The lowest BCUT2D eigenvalue weighted by Gasteiger charge is -2.35. The van der Waals surface area contributed by atoms with Gasteiger partial charge in [0.1, 0.15) is 23.6 Å². The molecule has 0 spiro atoms. The fraction of sp³-hybridized carbons (Fsp3) is 0.654. The largest absolute Gasteiger partial charge is 0.487 e. The summed E-state index contributed by atoms with van der Waals surface area (Å²) in [6, 6.07) is -1.10. The second kappa shape index (κ2) is 11.9. The number of rotatable bonds is 9. The maximum absolute atomic E-state index is 13.3. The number of ketones is 1. The SMILES string of the molecule is Cc1c(C)c(S(=O)(=O)NC(=N)NCCC[C@H](NC(=O)OC(C)(C)C)C(=O)CF)c(C)c2c1OC(C)(C)CC2. The minimum Gasteiger partial charge on any atom is -0.487 e. The van der Waals surface area contributed by atoms with Crippen molar-refractivity contribution in [2.75, 3.05) is 13.2 Å². The lowest BCUT2D eigenvalue weighted by atomic mass is 9.88. The molecule has 1 amide bonds. The van der Waals surface area contributed by atoms with Gasteiger partial charge in [-0.05, 0) is 103 Å². The van der Waals surface area contributed by atoms with Crippen molar-refractivity contribution in [3.8, 4) is 5.75 Å².